The van der Waals surface area contributed by atoms with Crippen molar-refractivity contribution in [2.24, 2.45) is 0 Å². The molecule has 0 aliphatic rings. The van der Waals surface area contributed by atoms with Gasteiger partial charge in [0.25, 0.3) is 0 Å². The van der Waals surface area contributed by atoms with Crippen LogP contribution in [0.25, 0.3) is 0 Å². The summed E-state index contributed by atoms with van der Waals surface area (Å²) in [5, 5.41) is 7.57. The Morgan fingerprint density at radius 2 is 2.09 bits per heavy atom. The number of hydrogen-bond donors (Lipinski definition) is 0. The molecule has 1 aromatic carbocycles. The van der Waals surface area contributed by atoms with Gasteiger partial charge in [-0.2, -0.15) is 5.10 Å². The van der Waals surface area contributed by atoms with Crippen molar-refractivity contribution in [3.63, 3.8) is 0 Å². The van der Waals surface area contributed by atoms with Gasteiger partial charge in [0.2, 0.25) is 0 Å². The molecular weight excluding hydrogens is 304 g/mol. The summed E-state index contributed by atoms with van der Waals surface area (Å²) < 4.78 is 1.95. The molecule has 0 radical (unpaired) electrons. The summed E-state index contributed by atoms with van der Waals surface area (Å²) in [5.74, 6) is 0. The zero-order chi connectivity index (χ0) is 16.2. The molecule has 1 atom stereocenters. The molecule has 3 aromatic rings. The zero-order valence-corrected chi connectivity index (χ0v) is 14.6. The van der Waals surface area contributed by atoms with Crippen LogP contribution >= 0.6 is 11.3 Å². The summed E-state index contributed by atoms with van der Waals surface area (Å²) in [6.07, 6.45) is 3.81. The molecule has 4 nitrogen and oxygen atoms in total. The van der Waals surface area contributed by atoms with Crippen LogP contribution in [0.4, 0.5) is 0 Å². The van der Waals surface area contributed by atoms with E-state index in [1.165, 1.54) is 16.1 Å². The van der Waals surface area contributed by atoms with E-state index in [1.807, 2.05) is 30.1 Å². The molecule has 120 valence electrons. The number of benzene rings is 1. The van der Waals surface area contributed by atoms with Crippen molar-refractivity contribution in [3.05, 3.63) is 69.9 Å². The standard InChI is InChI=1S/C18H22N4S/c1-14-13-23-18(20-14)15(2)21(3)11-16-6-4-7-17(10-16)12-22-9-5-8-19-22/h4-10,13,15H,11-12H2,1-3H3. The highest BCUT2D eigenvalue weighted by Crippen LogP contribution is 2.24. The molecule has 2 aromatic heterocycles. The Morgan fingerprint density at radius 3 is 2.78 bits per heavy atom. The maximum Gasteiger partial charge on any atom is 0.110 e. The minimum atomic E-state index is 0.323. The van der Waals surface area contributed by atoms with Gasteiger partial charge in [-0.1, -0.05) is 24.3 Å². The van der Waals surface area contributed by atoms with Gasteiger partial charge in [-0.15, -0.1) is 11.3 Å². The fourth-order valence-corrected chi connectivity index (χ4v) is 3.50. The van der Waals surface area contributed by atoms with E-state index in [4.69, 9.17) is 0 Å². The van der Waals surface area contributed by atoms with Crippen molar-refractivity contribution in [2.75, 3.05) is 7.05 Å². The van der Waals surface area contributed by atoms with Crippen LogP contribution < -0.4 is 0 Å². The van der Waals surface area contributed by atoms with Crippen LogP contribution in [0, 0.1) is 6.92 Å². The van der Waals surface area contributed by atoms with Crippen LogP contribution in [0.2, 0.25) is 0 Å². The molecule has 0 amide bonds. The van der Waals surface area contributed by atoms with Gasteiger partial charge in [-0.25, -0.2) is 4.98 Å². The third kappa shape index (κ3) is 4.06. The SMILES string of the molecule is Cc1csc(C(C)N(C)Cc2cccc(Cn3cccn3)c2)n1. The lowest BCUT2D eigenvalue weighted by Gasteiger charge is -2.23. The Morgan fingerprint density at radius 1 is 1.26 bits per heavy atom. The van der Waals surface area contributed by atoms with Crippen LogP contribution in [0.1, 0.15) is 34.8 Å². The van der Waals surface area contributed by atoms with E-state index in [0.717, 1.165) is 18.8 Å². The summed E-state index contributed by atoms with van der Waals surface area (Å²) in [4.78, 5) is 6.94. The molecule has 1 unspecified atom stereocenters. The molecule has 3 rings (SSSR count). The lowest BCUT2D eigenvalue weighted by Crippen LogP contribution is -2.22. The highest BCUT2D eigenvalue weighted by Gasteiger charge is 2.15. The lowest BCUT2D eigenvalue weighted by atomic mass is 10.1. The van der Waals surface area contributed by atoms with Crippen LogP contribution in [0.15, 0.2) is 48.1 Å². The van der Waals surface area contributed by atoms with Crippen molar-refractivity contribution in [1.82, 2.24) is 19.7 Å². The highest BCUT2D eigenvalue weighted by atomic mass is 32.1. The number of aryl methyl sites for hydroxylation is 1. The predicted molar refractivity (Wildman–Crippen MR) is 94.5 cm³/mol. The first-order chi connectivity index (χ1) is 11.1. The third-order valence-electron chi connectivity index (χ3n) is 3.98. The monoisotopic (exact) mass is 326 g/mol. The fourth-order valence-electron chi connectivity index (χ4n) is 2.58. The summed E-state index contributed by atoms with van der Waals surface area (Å²) in [7, 11) is 2.15. The number of thiazole rings is 1. The van der Waals surface area contributed by atoms with Crippen molar-refractivity contribution >= 4 is 11.3 Å². The van der Waals surface area contributed by atoms with Crippen molar-refractivity contribution < 1.29 is 0 Å². The number of aromatic nitrogens is 3. The summed E-state index contributed by atoms with van der Waals surface area (Å²) in [5.41, 5.74) is 3.70. The van der Waals surface area contributed by atoms with E-state index in [0.29, 0.717) is 6.04 Å². The largest absolute Gasteiger partial charge is 0.293 e. The lowest BCUT2D eigenvalue weighted by molar-refractivity contribution is 0.252. The Labute approximate surface area is 141 Å². The van der Waals surface area contributed by atoms with E-state index >= 15 is 0 Å². The highest BCUT2D eigenvalue weighted by molar-refractivity contribution is 7.09. The van der Waals surface area contributed by atoms with Gasteiger partial charge in [0.1, 0.15) is 5.01 Å². The van der Waals surface area contributed by atoms with Gasteiger partial charge in [0.05, 0.1) is 12.6 Å². The molecule has 0 bridgehead atoms. The van der Waals surface area contributed by atoms with E-state index in [2.05, 4.69) is 58.6 Å². The van der Waals surface area contributed by atoms with E-state index in [1.54, 1.807) is 11.3 Å². The molecule has 0 N–H and O–H groups in total. The van der Waals surface area contributed by atoms with Gasteiger partial charge >= 0.3 is 0 Å². The predicted octanol–water partition coefficient (Wildman–Crippen LogP) is 3.89. The summed E-state index contributed by atoms with van der Waals surface area (Å²) in [6, 6.07) is 11.0. The van der Waals surface area contributed by atoms with Gasteiger partial charge in [0.15, 0.2) is 0 Å². The second-order valence-corrected chi connectivity index (χ2v) is 6.83. The minimum Gasteiger partial charge on any atom is -0.293 e. The quantitative estimate of drug-likeness (QED) is 0.689. The van der Waals surface area contributed by atoms with Crippen LogP contribution in [-0.4, -0.2) is 26.7 Å². The Balaban J connectivity index is 1.67. The molecule has 0 aliphatic carbocycles. The van der Waals surface area contributed by atoms with E-state index in [-0.39, 0.29) is 0 Å². The Hall–Kier alpha value is -1.98. The van der Waals surface area contributed by atoms with E-state index in [9.17, 15) is 0 Å². The van der Waals surface area contributed by atoms with Gasteiger partial charge in [-0.3, -0.25) is 9.58 Å². The Bertz CT molecular complexity index is 748. The average molecular weight is 326 g/mol. The van der Waals surface area contributed by atoms with Gasteiger partial charge in [-0.05, 0) is 38.1 Å². The molecule has 0 saturated carbocycles. The molecule has 23 heavy (non-hydrogen) atoms. The van der Waals surface area contributed by atoms with Gasteiger partial charge < -0.3 is 0 Å². The number of nitrogens with zero attached hydrogens (tertiary/aromatic N) is 4. The maximum absolute atomic E-state index is 4.61. The average Bonchev–Trinajstić information content (AvgIpc) is 3.18. The van der Waals surface area contributed by atoms with Crippen molar-refractivity contribution in [1.29, 1.82) is 0 Å². The second-order valence-electron chi connectivity index (χ2n) is 5.94. The van der Waals surface area contributed by atoms with Crippen LogP contribution in [-0.2, 0) is 13.1 Å². The summed E-state index contributed by atoms with van der Waals surface area (Å²) in [6.45, 7) is 5.98. The smallest absolute Gasteiger partial charge is 0.110 e. The normalized spacial score (nSPS) is 12.7. The number of rotatable bonds is 6. The molecule has 5 heteroatoms. The Kier molecular flexibility index (Phi) is 4.88. The molecule has 0 fully saturated rings. The van der Waals surface area contributed by atoms with Crippen LogP contribution in [0.5, 0.6) is 0 Å². The zero-order valence-electron chi connectivity index (χ0n) is 13.8. The summed E-state index contributed by atoms with van der Waals surface area (Å²) >= 11 is 1.74. The first-order valence-corrected chi connectivity index (χ1v) is 8.67. The van der Waals surface area contributed by atoms with Gasteiger partial charge in [0, 0.05) is 30.0 Å². The molecular formula is C18H22N4S. The molecule has 2 heterocycles. The minimum absolute atomic E-state index is 0.323. The topological polar surface area (TPSA) is 34.0 Å². The van der Waals surface area contributed by atoms with Crippen molar-refractivity contribution in [3.8, 4) is 0 Å². The molecule has 0 aliphatic heterocycles. The maximum atomic E-state index is 4.61. The fraction of sp³-hybridized carbons (Fsp3) is 0.333. The number of hydrogen-bond acceptors (Lipinski definition) is 4. The van der Waals surface area contributed by atoms with Crippen molar-refractivity contribution in [2.45, 2.75) is 33.0 Å². The first kappa shape index (κ1) is 15.9. The first-order valence-electron chi connectivity index (χ1n) is 7.79. The molecule has 0 saturated heterocycles. The molecule has 0 spiro atoms. The van der Waals surface area contributed by atoms with E-state index < -0.39 is 0 Å². The second kappa shape index (κ2) is 7.06. The van der Waals surface area contributed by atoms with Crippen LogP contribution in [0.3, 0.4) is 0 Å². The third-order valence-corrected chi connectivity index (χ3v) is 5.12.